The van der Waals surface area contributed by atoms with Crippen molar-refractivity contribution >= 4 is 27.6 Å². The Hall–Kier alpha value is -2.78. The minimum atomic E-state index is -3.51. The summed E-state index contributed by atoms with van der Waals surface area (Å²) in [5, 5.41) is 2.54. The fourth-order valence-electron chi connectivity index (χ4n) is 2.95. The molecule has 0 saturated carbocycles. The number of ether oxygens (including phenoxy) is 1. The summed E-state index contributed by atoms with van der Waals surface area (Å²) in [5.74, 6) is -1.56. The van der Waals surface area contributed by atoms with E-state index in [-0.39, 0.29) is 11.3 Å². The Kier molecular flexibility index (Phi) is 6.60. The Morgan fingerprint density at radius 1 is 1.00 bits per heavy atom. The summed E-state index contributed by atoms with van der Waals surface area (Å²) in [7, 11) is -3.51. The van der Waals surface area contributed by atoms with Crippen LogP contribution in [0.2, 0.25) is 0 Å². The van der Waals surface area contributed by atoms with E-state index in [9.17, 15) is 22.4 Å². The zero-order valence-electron chi connectivity index (χ0n) is 15.6. The van der Waals surface area contributed by atoms with Gasteiger partial charge in [-0.1, -0.05) is 12.1 Å². The minimum Gasteiger partial charge on any atom is -0.455 e. The van der Waals surface area contributed by atoms with Crippen LogP contribution in [0.3, 0.4) is 0 Å². The summed E-state index contributed by atoms with van der Waals surface area (Å²) in [6, 6.07) is 11.3. The molecule has 0 spiro atoms. The van der Waals surface area contributed by atoms with Gasteiger partial charge in [-0.25, -0.2) is 12.8 Å². The molecule has 0 bridgehead atoms. The summed E-state index contributed by atoms with van der Waals surface area (Å²) in [4.78, 5) is 23.9. The van der Waals surface area contributed by atoms with Gasteiger partial charge in [0.1, 0.15) is 5.82 Å². The highest BCUT2D eigenvalue weighted by molar-refractivity contribution is 7.89. The first kappa shape index (κ1) is 20.9. The van der Waals surface area contributed by atoms with Crippen LogP contribution in [0.5, 0.6) is 0 Å². The monoisotopic (exact) mass is 420 g/mol. The van der Waals surface area contributed by atoms with E-state index in [4.69, 9.17) is 4.74 Å². The zero-order valence-corrected chi connectivity index (χ0v) is 16.5. The van der Waals surface area contributed by atoms with E-state index in [1.807, 2.05) is 0 Å². The van der Waals surface area contributed by atoms with Crippen LogP contribution in [-0.4, -0.2) is 44.3 Å². The topological polar surface area (TPSA) is 92.8 Å². The molecular weight excluding hydrogens is 399 g/mol. The Labute approximate surface area is 168 Å². The highest BCUT2D eigenvalue weighted by Gasteiger charge is 2.26. The van der Waals surface area contributed by atoms with Gasteiger partial charge in [0.05, 0.1) is 11.3 Å². The SMILES string of the molecule is O=C(COC(=O)Cc1ccc(F)cc1)Nc1ccc(S(=O)(=O)N2CCCC2)cc1. The Morgan fingerprint density at radius 2 is 1.62 bits per heavy atom. The summed E-state index contributed by atoms with van der Waals surface area (Å²) in [6.07, 6.45) is 1.64. The van der Waals surface area contributed by atoms with Gasteiger partial charge >= 0.3 is 5.97 Å². The minimum absolute atomic E-state index is 0.0728. The van der Waals surface area contributed by atoms with Crippen LogP contribution >= 0.6 is 0 Å². The Morgan fingerprint density at radius 3 is 2.24 bits per heavy atom. The average molecular weight is 420 g/mol. The van der Waals surface area contributed by atoms with E-state index in [1.54, 1.807) is 0 Å². The van der Waals surface area contributed by atoms with Crippen LogP contribution in [-0.2, 0) is 30.8 Å². The fraction of sp³-hybridized carbons (Fsp3) is 0.300. The molecule has 9 heteroatoms. The maximum atomic E-state index is 12.8. The van der Waals surface area contributed by atoms with Crippen molar-refractivity contribution in [3.63, 3.8) is 0 Å². The molecule has 1 heterocycles. The second-order valence-electron chi connectivity index (χ2n) is 6.65. The number of esters is 1. The lowest BCUT2D eigenvalue weighted by Gasteiger charge is -2.15. The number of halogens is 1. The van der Waals surface area contributed by atoms with Crippen LogP contribution in [0.1, 0.15) is 18.4 Å². The van der Waals surface area contributed by atoms with Gasteiger partial charge in [-0.3, -0.25) is 9.59 Å². The summed E-state index contributed by atoms with van der Waals surface area (Å²) >= 11 is 0. The smallest absolute Gasteiger partial charge is 0.310 e. The highest BCUT2D eigenvalue weighted by Crippen LogP contribution is 2.22. The number of nitrogens with zero attached hydrogens (tertiary/aromatic N) is 1. The third-order valence-corrected chi connectivity index (χ3v) is 6.38. The molecule has 2 aromatic rings. The van der Waals surface area contributed by atoms with E-state index >= 15 is 0 Å². The molecule has 1 N–H and O–H groups in total. The number of carbonyl (C=O) groups is 2. The maximum absolute atomic E-state index is 12.8. The van der Waals surface area contributed by atoms with Gasteiger partial charge in [-0.2, -0.15) is 4.31 Å². The quantitative estimate of drug-likeness (QED) is 0.694. The van der Waals surface area contributed by atoms with Gasteiger partial charge in [0.15, 0.2) is 6.61 Å². The fourth-order valence-corrected chi connectivity index (χ4v) is 4.47. The van der Waals surface area contributed by atoms with Gasteiger partial charge < -0.3 is 10.1 Å². The van der Waals surface area contributed by atoms with Crippen LogP contribution in [0, 0.1) is 5.82 Å². The molecule has 0 unspecified atom stereocenters. The number of anilines is 1. The molecule has 1 fully saturated rings. The third-order valence-electron chi connectivity index (χ3n) is 4.47. The van der Waals surface area contributed by atoms with Gasteiger partial charge in [-0.15, -0.1) is 0 Å². The normalized spacial score (nSPS) is 14.5. The van der Waals surface area contributed by atoms with Crippen molar-refractivity contribution in [2.24, 2.45) is 0 Å². The molecule has 3 rings (SSSR count). The molecule has 0 aromatic heterocycles. The largest absolute Gasteiger partial charge is 0.455 e. The molecule has 0 aliphatic carbocycles. The second-order valence-corrected chi connectivity index (χ2v) is 8.59. The van der Waals surface area contributed by atoms with Crippen LogP contribution in [0.15, 0.2) is 53.4 Å². The predicted molar refractivity (Wildman–Crippen MR) is 104 cm³/mol. The molecule has 154 valence electrons. The van der Waals surface area contributed by atoms with Crippen molar-refractivity contribution in [2.45, 2.75) is 24.2 Å². The van der Waals surface area contributed by atoms with E-state index in [2.05, 4.69) is 5.32 Å². The van der Waals surface area contributed by atoms with Crippen LogP contribution in [0.25, 0.3) is 0 Å². The van der Waals surface area contributed by atoms with E-state index in [0.717, 1.165) is 12.8 Å². The van der Waals surface area contributed by atoms with Crippen LogP contribution < -0.4 is 5.32 Å². The van der Waals surface area contributed by atoms with E-state index in [0.29, 0.717) is 24.3 Å². The van der Waals surface area contributed by atoms with E-state index in [1.165, 1.54) is 52.8 Å². The van der Waals surface area contributed by atoms with Gasteiger partial charge in [0, 0.05) is 18.8 Å². The summed E-state index contributed by atoms with van der Waals surface area (Å²) < 4.78 is 44.2. The molecule has 1 saturated heterocycles. The zero-order chi connectivity index (χ0) is 20.9. The third kappa shape index (κ3) is 5.61. The first-order chi connectivity index (χ1) is 13.8. The number of nitrogens with one attached hydrogen (secondary N) is 1. The number of hydrogen-bond donors (Lipinski definition) is 1. The van der Waals surface area contributed by atoms with Crippen molar-refractivity contribution in [2.75, 3.05) is 25.0 Å². The van der Waals surface area contributed by atoms with Gasteiger partial charge in [0.25, 0.3) is 5.91 Å². The summed E-state index contributed by atoms with van der Waals surface area (Å²) in [5.41, 5.74) is 0.969. The molecule has 1 aliphatic heterocycles. The van der Waals surface area contributed by atoms with Crippen molar-refractivity contribution in [1.29, 1.82) is 0 Å². The number of amides is 1. The van der Waals surface area contributed by atoms with Gasteiger partial charge in [0.2, 0.25) is 10.0 Å². The molecule has 0 atom stereocenters. The molecule has 1 aliphatic rings. The lowest BCUT2D eigenvalue weighted by atomic mass is 10.1. The number of carbonyl (C=O) groups excluding carboxylic acids is 2. The molecule has 1 amide bonds. The number of rotatable bonds is 7. The molecule has 2 aromatic carbocycles. The van der Waals surface area contributed by atoms with Gasteiger partial charge in [-0.05, 0) is 54.8 Å². The molecule has 7 nitrogen and oxygen atoms in total. The number of benzene rings is 2. The van der Waals surface area contributed by atoms with Crippen molar-refractivity contribution in [1.82, 2.24) is 4.31 Å². The van der Waals surface area contributed by atoms with Crippen molar-refractivity contribution in [3.8, 4) is 0 Å². The van der Waals surface area contributed by atoms with Crippen LogP contribution in [0.4, 0.5) is 10.1 Å². The molecule has 29 heavy (non-hydrogen) atoms. The summed E-state index contributed by atoms with van der Waals surface area (Å²) in [6.45, 7) is 0.558. The number of hydrogen-bond acceptors (Lipinski definition) is 5. The lowest BCUT2D eigenvalue weighted by Crippen LogP contribution is -2.27. The Bertz CT molecular complexity index is 969. The predicted octanol–water partition coefficient (Wildman–Crippen LogP) is 2.33. The highest BCUT2D eigenvalue weighted by atomic mass is 32.2. The first-order valence-corrected chi connectivity index (χ1v) is 10.6. The molecular formula is C20H21FN2O5S. The average Bonchev–Trinajstić information content (AvgIpc) is 3.24. The van der Waals surface area contributed by atoms with E-state index < -0.39 is 34.3 Å². The second kappa shape index (κ2) is 9.15. The lowest BCUT2D eigenvalue weighted by molar-refractivity contribution is -0.146. The molecule has 0 radical (unpaired) electrons. The maximum Gasteiger partial charge on any atom is 0.310 e. The van der Waals surface area contributed by atoms with Crippen molar-refractivity contribution in [3.05, 3.63) is 59.9 Å². The Balaban J connectivity index is 1.49. The standard InChI is InChI=1S/C20H21FN2O5S/c21-16-5-3-15(4-6-16)13-20(25)28-14-19(24)22-17-7-9-18(10-8-17)29(26,27)23-11-1-2-12-23/h3-10H,1-2,11-14H2,(H,22,24). The van der Waals surface area contributed by atoms with Crippen molar-refractivity contribution < 1.29 is 27.1 Å². The first-order valence-electron chi connectivity index (χ1n) is 9.15. The number of sulfonamides is 1.